The number of hydrogen-bond acceptors (Lipinski definition) is 3. The summed E-state index contributed by atoms with van der Waals surface area (Å²) in [5.74, 6) is 0.0349. The van der Waals surface area contributed by atoms with Gasteiger partial charge in [0.05, 0.1) is 12.1 Å². The lowest BCUT2D eigenvalue weighted by Gasteiger charge is -2.28. The van der Waals surface area contributed by atoms with Gasteiger partial charge < -0.3 is 15.7 Å². The molecule has 1 aliphatic carbocycles. The van der Waals surface area contributed by atoms with Crippen LogP contribution in [0, 0.1) is 0 Å². The third kappa shape index (κ3) is 6.03. The van der Waals surface area contributed by atoms with E-state index in [9.17, 15) is 9.90 Å². The van der Waals surface area contributed by atoms with E-state index < -0.39 is 0 Å². The van der Waals surface area contributed by atoms with Gasteiger partial charge in [0.25, 0.3) is 0 Å². The van der Waals surface area contributed by atoms with Crippen LogP contribution in [0.1, 0.15) is 52.9 Å². The largest absolute Gasteiger partial charge is 0.391 e. The summed E-state index contributed by atoms with van der Waals surface area (Å²) in [6, 6.07) is -0.0362. The minimum Gasteiger partial charge on any atom is -0.391 e. The topological polar surface area (TPSA) is 61.4 Å². The SMILES string of the molecule is CC(C)(C)NCCC(=O)NC1CCCCC1O. The molecular weight excluding hydrogens is 216 g/mol. The highest BCUT2D eigenvalue weighted by Gasteiger charge is 2.24. The second-order valence-corrected chi connectivity index (χ2v) is 5.95. The summed E-state index contributed by atoms with van der Waals surface area (Å²) in [6.45, 7) is 6.92. The Labute approximate surface area is 104 Å². The van der Waals surface area contributed by atoms with E-state index in [1.807, 2.05) is 0 Å². The third-order valence-electron chi connectivity index (χ3n) is 3.08. The van der Waals surface area contributed by atoms with E-state index in [-0.39, 0.29) is 23.6 Å². The van der Waals surface area contributed by atoms with Crippen LogP contribution in [0.5, 0.6) is 0 Å². The summed E-state index contributed by atoms with van der Waals surface area (Å²) in [5.41, 5.74) is 0.0463. The quantitative estimate of drug-likeness (QED) is 0.694. The second-order valence-electron chi connectivity index (χ2n) is 5.95. The van der Waals surface area contributed by atoms with E-state index in [4.69, 9.17) is 0 Å². The van der Waals surface area contributed by atoms with Gasteiger partial charge in [0, 0.05) is 18.5 Å². The van der Waals surface area contributed by atoms with Gasteiger partial charge in [-0.2, -0.15) is 0 Å². The van der Waals surface area contributed by atoms with Gasteiger partial charge in [0.1, 0.15) is 0 Å². The molecule has 1 rings (SSSR count). The number of aliphatic hydroxyl groups excluding tert-OH is 1. The summed E-state index contributed by atoms with van der Waals surface area (Å²) in [6.07, 6.45) is 4.00. The molecule has 2 unspecified atom stereocenters. The molecule has 0 aliphatic heterocycles. The molecule has 0 heterocycles. The molecule has 100 valence electrons. The van der Waals surface area contributed by atoms with E-state index in [0.717, 1.165) is 25.7 Å². The lowest BCUT2D eigenvalue weighted by molar-refractivity contribution is -0.123. The Morgan fingerprint density at radius 1 is 1.29 bits per heavy atom. The highest BCUT2D eigenvalue weighted by molar-refractivity contribution is 5.76. The molecule has 2 atom stereocenters. The van der Waals surface area contributed by atoms with Crippen molar-refractivity contribution in [3.8, 4) is 0 Å². The van der Waals surface area contributed by atoms with Crippen molar-refractivity contribution in [2.75, 3.05) is 6.54 Å². The van der Waals surface area contributed by atoms with Crippen LogP contribution in [0.2, 0.25) is 0 Å². The Hall–Kier alpha value is -0.610. The zero-order valence-corrected chi connectivity index (χ0v) is 11.3. The molecular formula is C13H26N2O2. The Balaban J connectivity index is 2.20. The molecule has 0 saturated heterocycles. The number of hydrogen-bond donors (Lipinski definition) is 3. The maximum Gasteiger partial charge on any atom is 0.221 e. The number of amides is 1. The standard InChI is InChI=1S/C13H26N2O2/c1-13(2,3)14-9-8-12(17)15-10-6-4-5-7-11(10)16/h10-11,14,16H,4-9H2,1-3H3,(H,15,17). The summed E-state index contributed by atoms with van der Waals surface area (Å²) >= 11 is 0. The fraction of sp³-hybridized carbons (Fsp3) is 0.923. The molecule has 4 nitrogen and oxygen atoms in total. The first kappa shape index (κ1) is 14.5. The molecule has 1 saturated carbocycles. The summed E-state index contributed by atoms with van der Waals surface area (Å²) in [7, 11) is 0. The average Bonchev–Trinajstić information content (AvgIpc) is 2.19. The minimum absolute atomic E-state index is 0.0349. The zero-order chi connectivity index (χ0) is 12.9. The molecule has 4 heteroatoms. The van der Waals surface area contributed by atoms with Crippen LogP contribution in [0.3, 0.4) is 0 Å². The first-order chi connectivity index (χ1) is 7.88. The lowest BCUT2D eigenvalue weighted by Crippen LogP contribution is -2.46. The lowest BCUT2D eigenvalue weighted by atomic mass is 9.92. The highest BCUT2D eigenvalue weighted by atomic mass is 16.3. The van der Waals surface area contributed by atoms with Crippen molar-refractivity contribution in [1.82, 2.24) is 10.6 Å². The van der Waals surface area contributed by atoms with Crippen LogP contribution >= 0.6 is 0 Å². The van der Waals surface area contributed by atoms with Gasteiger partial charge in [0.2, 0.25) is 5.91 Å². The van der Waals surface area contributed by atoms with Gasteiger partial charge in [-0.25, -0.2) is 0 Å². The highest BCUT2D eigenvalue weighted by Crippen LogP contribution is 2.18. The van der Waals surface area contributed by atoms with Crippen molar-refractivity contribution in [1.29, 1.82) is 0 Å². The Morgan fingerprint density at radius 3 is 2.53 bits per heavy atom. The zero-order valence-electron chi connectivity index (χ0n) is 11.3. The Kier molecular flexibility index (Phi) is 5.40. The fourth-order valence-corrected chi connectivity index (χ4v) is 2.11. The van der Waals surface area contributed by atoms with Crippen molar-refractivity contribution < 1.29 is 9.90 Å². The van der Waals surface area contributed by atoms with Crippen LogP contribution in [0.4, 0.5) is 0 Å². The third-order valence-corrected chi connectivity index (χ3v) is 3.08. The Bertz CT molecular complexity index is 248. The monoisotopic (exact) mass is 242 g/mol. The van der Waals surface area contributed by atoms with Crippen LogP contribution in [0.15, 0.2) is 0 Å². The minimum atomic E-state index is -0.358. The first-order valence-electron chi connectivity index (χ1n) is 6.61. The maximum absolute atomic E-state index is 11.7. The average molecular weight is 242 g/mol. The molecule has 17 heavy (non-hydrogen) atoms. The van der Waals surface area contributed by atoms with Crippen molar-refractivity contribution in [2.45, 2.75) is 70.6 Å². The molecule has 0 bridgehead atoms. The van der Waals surface area contributed by atoms with Gasteiger partial charge >= 0.3 is 0 Å². The van der Waals surface area contributed by atoms with E-state index in [0.29, 0.717) is 13.0 Å². The molecule has 1 amide bonds. The molecule has 1 fully saturated rings. The van der Waals surface area contributed by atoms with Gasteiger partial charge in [-0.15, -0.1) is 0 Å². The van der Waals surface area contributed by atoms with Crippen molar-refractivity contribution in [3.63, 3.8) is 0 Å². The Morgan fingerprint density at radius 2 is 1.94 bits per heavy atom. The van der Waals surface area contributed by atoms with Crippen molar-refractivity contribution in [3.05, 3.63) is 0 Å². The fourth-order valence-electron chi connectivity index (χ4n) is 2.11. The molecule has 0 aromatic carbocycles. The molecule has 1 aliphatic rings. The number of carbonyl (C=O) groups is 1. The van der Waals surface area contributed by atoms with E-state index >= 15 is 0 Å². The molecule has 0 aromatic heterocycles. The predicted molar refractivity (Wildman–Crippen MR) is 68.8 cm³/mol. The number of aliphatic hydroxyl groups is 1. The van der Waals surface area contributed by atoms with E-state index in [1.54, 1.807) is 0 Å². The van der Waals surface area contributed by atoms with E-state index in [1.165, 1.54) is 0 Å². The van der Waals surface area contributed by atoms with Gasteiger partial charge in [-0.1, -0.05) is 12.8 Å². The molecule has 0 spiro atoms. The van der Waals surface area contributed by atoms with Crippen molar-refractivity contribution >= 4 is 5.91 Å². The maximum atomic E-state index is 11.7. The predicted octanol–water partition coefficient (Wildman–Crippen LogP) is 1.18. The second kappa shape index (κ2) is 6.36. The normalized spacial score (nSPS) is 25.6. The van der Waals surface area contributed by atoms with Crippen LogP contribution in [0.25, 0.3) is 0 Å². The smallest absolute Gasteiger partial charge is 0.221 e. The number of rotatable bonds is 4. The van der Waals surface area contributed by atoms with Crippen LogP contribution < -0.4 is 10.6 Å². The van der Waals surface area contributed by atoms with Gasteiger partial charge in [-0.3, -0.25) is 4.79 Å². The summed E-state index contributed by atoms with van der Waals surface area (Å²) in [5, 5.41) is 15.9. The number of carbonyl (C=O) groups excluding carboxylic acids is 1. The summed E-state index contributed by atoms with van der Waals surface area (Å²) < 4.78 is 0. The van der Waals surface area contributed by atoms with Crippen molar-refractivity contribution in [2.24, 2.45) is 0 Å². The van der Waals surface area contributed by atoms with Gasteiger partial charge in [-0.05, 0) is 33.6 Å². The first-order valence-corrected chi connectivity index (χ1v) is 6.61. The van der Waals surface area contributed by atoms with Crippen LogP contribution in [-0.4, -0.2) is 35.2 Å². The van der Waals surface area contributed by atoms with Gasteiger partial charge in [0.15, 0.2) is 0 Å². The van der Waals surface area contributed by atoms with Crippen LogP contribution in [-0.2, 0) is 4.79 Å². The summed E-state index contributed by atoms with van der Waals surface area (Å²) in [4.78, 5) is 11.7. The molecule has 0 aromatic rings. The molecule has 0 radical (unpaired) electrons. The molecule has 3 N–H and O–H groups in total. The number of nitrogens with one attached hydrogen (secondary N) is 2. The van der Waals surface area contributed by atoms with E-state index in [2.05, 4.69) is 31.4 Å².